The van der Waals surface area contributed by atoms with E-state index in [1.165, 1.54) is 0 Å². The number of aromatic nitrogens is 4. The van der Waals surface area contributed by atoms with Crippen molar-refractivity contribution in [1.29, 1.82) is 0 Å². The molecule has 4 rings (SSSR count). The van der Waals surface area contributed by atoms with E-state index in [1.807, 2.05) is 62.4 Å². The van der Waals surface area contributed by atoms with Crippen LogP contribution in [-0.4, -0.2) is 19.9 Å². The molecule has 2 aromatic carbocycles. The standard InChI is InChI=1S/C20H18N4O/c1-13-15-7-3-5-9-17(15)23-19(21-13)11-25-12-20-22-14(2)16-8-4-6-10-18(16)24-20/h3-10H,11-12H2,1-2H3. The van der Waals surface area contributed by atoms with Gasteiger partial charge in [-0.15, -0.1) is 0 Å². The van der Waals surface area contributed by atoms with Gasteiger partial charge in [0.15, 0.2) is 11.6 Å². The van der Waals surface area contributed by atoms with Crippen LogP contribution in [0.3, 0.4) is 0 Å². The molecule has 0 atom stereocenters. The van der Waals surface area contributed by atoms with Crippen LogP contribution in [0.5, 0.6) is 0 Å². The summed E-state index contributed by atoms with van der Waals surface area (Å²) >= 11 is 0. The van der Waals surface area contributed by atoms with Crippen molar-refractivity contribution in [2.45, 2.75) is 27.1 Å². The summed E-state index contributed by atoms with van der Waals surface area (Å²) in [5, 5.41) is 2.14. The maximum Gasteiger partial charge on any atom is 0.154 e. The minimum absolute atomic E-state index is 0.334. The first kappa shape index (κ1) is 15.6. The molecule has 0 radical (unpaired) electrons. The van der Waals surface area contributed by atoms with Crippen molar-refractivity contribution in [3.63, 3.8) is 0 Å². The number of rotatable bonds is 4. The van der Waals surface area contributed by atoms with Crippen molar-refractivity contribution in [2.75, 3.05) is 0 Å². The molecule has 2 heterocycles. The Hall–Kier alpha value is -2.92. The second-order valence-electron chi connectivity index (χ2n) is 5.98. The predicted octanol–water partition coefficient (Wildman–Crippen LogP) is 3.91. The summed E-state index contributed by atoms with van der Waals surface area (Å²) in [6, 6.07) is 16.0. The van der Waals surface area contributed by atoms with Crippen LogP contribution in [0.25, 0.3) is 21.8 Å². The van der Waals surface area contributed by atoms with Gasteiger partial charge in [0.2, 0.25) is 0 Å². The average molecular weight is 330 g/mol. The largest absolute Gasteiger partial charge is 0.365 e. The van der Waals surface area contributed by atoms with E-state index in [4.69, 9.17) is 4.74 Å². The zero-order chi connectivity index (χ0) is 17.2. The molecular weight excluding hydrogens is 312 g/mol. The second kappa shape index (κ2) is 6.53. The molecular formula is C20H18N4O. The number of nitrogens with zero attached hydrogens (tertiary/aromatic N) is 4. The minimum Gasteiger partial charge on any atom is -0.365 e. The molecule has 0 fully saturated rings. The normalized spacial score (nSPS) is 11.3. The molecule has 4 aromatic rings. The summed E-state index contributed by atoms with van der Waals surface area (Å²) in [4.78, 5) is 18.2. The second-order valence-corrected chi connectivity index (χ2v) is 5.98. The molecule has 0 N–H and O–H groups in total. The summed E-state index contributed by atoms with van der Waals surface area (Å²) < 4.78 is 5.76. The highest BCUT2D eigenvalue weighted by molar-refractivity contribution is 5.81. The van der Waals surface area contributed by atoms with Crippen molar-refractivity contribution < 1.29 is 4.74 Å². The van der Waals surface area contributed by atoms with Crippen LogP contribution in [0.4, 0.5) is 0 Å². The van der Waals surface area contributed by atoms with Gasteiger partial charge in [-0.25, -0.2) is 19.9 Å². The van der Waals surface area contributed by atoms with E-state index in [0.29, 0.717) is 24.9 Å². The first-order valence-corrected chi connectivity index (χ1v) is 8.23. The Kier molecular flexibility index (Phi) is 4.07. The fourth-order valence-corrected chi connectivity index (χ4v) is 2.95. The Bertz CT molecular complexity index is 977. The molecule has 25 heavy (non-hydrogen) atoms. The van der Waals surface area contributed by atoms with Gasteiger partial charge in [0.1, 0.15) is 13.2 Å². The number of para-hydroxylation sites is 2. The Morgan fingerprint density at radius 2 is 1.08 bits per heavy atom. The molecule has 0 aliphatic rings. The van der Waals surface area contributed by atoms with Crippen molar-refractivity contribution in [3.05, 3.63) is 71.6 Å². The summed E-state index contributed by atoms with van der Waals surface area (Å²) in [5.41, 5.74) is 3.79. The number of benzene rings is 2. The number of hydrogen-bond donors (Lipinski definition) is 0. The third kappa shape index (κ3) is 3.19. The third-order valence-corrected chi connectivity index (χ3v) is 4.14. The van der Waals surface area contributed by atoms with E-state index in [0.717, 1.165) is 33.2 Å². The van der Waals surface area contributed by atoms with E-state index in [9.17, 15) is 0 Å². The lowest BCUT2D eigenvalue weighted by Gasteiger charge is -2.08. The van der Waals surface area contributed by atoms with Gasteiger partial charge in [-0.3, -0.25) is 0 Å². The molecule has 5 nitrogen and oxygen atoms in total. The van der Waals surface area contributed by atoms with Gasteiger partial charge in [-0.1, -0.05) is 36.4 Å². The fourth-order valence-electron chi connectivity index (χ4n) is 2.95. The first-order chi connectivity index (χ1) is 12.2. The molecule has 0 aliphatic carbocycles. The molecule has 0 spiro atoms. The van der Waals surface area contributed by atoms with Gasteiger partial charge < -0.3 is 4.74 Å². The van der Waals surface area contributed by atoms with Crippen LogP contribution < -0.4 is 0 Å². The van der Waals surface area contributed by atoms with Crippen LogP contribution in [-0.2, 0) is 18.0 Å². The molecule has 0 unspecified atom stereocenters. The summed E-state index contributed by atoms with van der Waals surface area (Å²) in [5.74, 6) is 1.35. The average Bonchev–Trinajstić information content (AvgIpc) is 2.62. The van der Waals surface area contributed by atoms with Crippen molar-refractivity contribution in [1.82, 2.24) is 19.9 Å². The minimum atomic E-state index is 0.334. The first-order valence-electron chi connectivity index (χ1n) is 8.23. The Morgan fingerprint density at radius 3 is 1.56 bits per heavy atom. The number of aryl methyl sites for hydroxylation is 2. The van der Waals surface area contributed by atoms with Gasteiger partial charge in [0, 0.05) is 22.2 Å². The number of hydrogen-bond acceptors (Lipinski definition) is 5. The zero-order valence-electron chi connectivity index (χ0n) is 14.2. The Labute approximate surface area is 145 Å². The lowest BCUT2D eigenvalue weighted by molar-refractivity contribution is 0.0967. The van der Waals surface area contributed by atoms with Gasteiger partial charge >= 0.3 is 0 Å². The molecule has 2 aromatic heterocycles. The summed E-state index contributed by atoms with van der Waals surface area (Å²) in [6.07, 6.45) is 0. The van der Waals surface area contributed by atoms with Crippen molar-refractivity contribution in [2.24, 2.45) is 0 Å². The maximum absolute atomic E-state index is 5.76. The van der Waals surface area contributed by atoms with Crippen LogP contribution >= 0.6 is 0 Å². The Balaban J connectivity index is 1.51. The van der Waals surface area contributed by atoms with Crippen LogP contribution in [0.15, 0.2) is 48.5 Å². The topological polar surface area (TPSA) is 60.8 Å². The van der Waals surface area contributed by atoms with Crippen LogP contribution in [0.2, 0.25) is 0 Å². The highest BCUT2D eigenvalue weighted by atomic mass is 16.5. The molecule has 5 heteroatoms. The highest BCUT2D eigenvalue weighted by Gasteiger charge is 2.07. The van der Waals surface area contributed by atoms with Gasteiger partial charge in [0.05, 0.1) is 11.0 Å². The molecule has 0 aliphatic heterocycles. The van der Waals surface area contributed by atoms with Gasteiger partial charge in [-0.05, 0) is 26.0 Å². The van der Waals surface area contributed by atoms with E-state index >= 15 is 0 Å². The van der Waals surface area contributed by atoms with Crippen molar-refractivity contribution >= 4 is 21.8 Å². The van der Waals surface area contributed by atoms with E-state index in [-0.39, 0.29) is 0 Å². The van der Waals surface area contributed by atoms with Gasteiger partial charge in [-0.2, -0.15) is 0 Å². The van der Waals surface area contributed by atoms with Crippen LogP contribution in [0, 0.1) is 13.8 Å². The molecule has 0 amide bonds. The number of ether oxygens (including phenoxy) is 1. The molecule has 0 saturated heterocycles. The zero-order valence-corrected chi connectivity index (χ0v) is 14.2. The lowest BCUT2D eigenvalue weighted by atomic mass is 10.2. The third-order valence-electron chi connectivity index (χ3n) is 4.14. The molecule has 124 valence electrons. The Morgan fingerprint density at radius 1 is 0.640 bits per heavy atom. The van der Waals surface area contributed by atoms with E-state index < -0.39 is 0 Å². The quantitative estimate of drug-likeness (QED) is 0.568. The van der Waals surface area contributed by atoms with Crippen molar-refractivity contribution in [3.8, 4) is 0 Å². The van der Waals surface area contributed by atoms with E-state index in [2.05, 4.69) is 19.9 Å². The van der Waals surface area contributed by atoms with Gasteiger partial charge in [0.25, 0.3) is 0 Å². The SMILES string of the molecule is Cc1nc(COCc2nc(C)c3ccccc3n2)nc2ccccc12. The van der Waals surface area contributed by atoms with Crippen LogP contribution in [0.1, 0.15) is 23.0 Å². The smallest absolute Gasteiger partial charge is 0.154 e. The monoisotopic (exact) mass is 330 g/mol. The predicted molar refractivity (Wildman–Crippen MR) is 97.0 cm³/mol. The molecule has 0 saturated carbocycles. The fraction of sp³-hybridized carbons (Fsp3) is 0.200. The number of fused-ring (bicyclic) bond motifs is 2. The molecule has 0 bridgehead atoms. The lowest BCUT2D eigenvalue weighted by Crippen LogP contribution is -2.05. The summed E-state index contributed by atoms with van der Waals surface area (Å²) in [6.45, 7) is 4.65. The summed E-state index contributed by atoms with van der Waals surface area (Å²) in [7, 11) is 0. The highest BCUT2D eigenvalue weighted by Crippen LogP contribution is 2.16. The maximum atomic E-state index is 5.76. The van der Waals surface area contributed by atoms with E-state index in [1.54, 1.807) is 0 Å².